The molecule has 4 rings (SSSR count). The number of carbonyl (C=O) groups is 2. The molecule has 16 heteroatoms. The van der Waals surface area contributed by atoms with E-state index in [1.165, 1.54) is 37.4 Å². The third-order valence-corrected chi connectivity index (χ3v) is 6.34. The zero-order valence-electron chi connectivity index (χ0n) is 25.3. The second-order valence-corrected chi connectivity index (χ2v) is 9.91. The predicted molar refractivity (Wildman–Crippen MR) is 163 cm³/mol. The highest BCUT2D eigenvalue weighted by Gasteiger charge is 2.38. The number of carboxylic acids is 2. The van der Waals surface area contributed by atoms with Gasteiger partial charge in [0, 0.05) is 11.6 Å². The zero-order valence-corrected chi connectivity index (χ0v) is 25.3. The van der Waals surface area contributed by atoms with E-state index in [-0.39, 0.29) is 34.7 Å². The average Bonchev–Trinajstić information content (AvgIpc) is 3.04. The van der Waals surface area contributed by atoms with E-state index in [2.05, 4.69) is 10.3 Å². The van der Waals surface area contributed by atoms with E-state index in [0.29, 0.717) is 18.4 Å². The summed E-state index contributed by atoms with van der Waals surface area (Å²) in [5, 5.41) is 27.3. The van der Waals surface area contributed by atoms with Crippen LogP contribution in [0.5, 0.6) is 29.0 Å². The van der Waals surface area contributed by atoms with Gasteiger partial charge in [0.2, 0.25) is 11.6 Å². The lowest BCUT2D eigenvalue weighted by Crippen LogP contribution is -2.21. The summed E-state index contributed by atoms with van der Waals surface area (Å²) in [5.74, 6) is -7.91. The van der Waals surface area contributed by atoms with Gasteiger partial charge in [-0.25, -0.2) is 9.59 Å². The number of amidine groups is 1. The van der Waals surface area contributed by atoms with Crippen LogP contribution in [0.3, 0.4) is 0 Å². The number of nitrogens with two attached hydrogens (primary N) is 1. The number of aliphatic carboxylic acids is 1. The number of pyridine rings is 1. The fourth-order valence-electron chi connectivity index (χ4n) is 3.94. The molecule has 4 aromatic rings. The number of alkyl halides is 3. The minimum Gasteiger partial charge on any atom is -0.497 e. The molecule has 1 aromatic heterocycles. The molecule has 0 amide bonds. The van der Waals surface area contributed by atoms with Gasteiger partial charge in [-0.2, -0.15) is 26.9 Å². The zero-order chi connectivity index (χ0) is 35.6. The molecule has 0 radical (unpaired) electrons. The molecule has 0 aliphatic heterocycles. The standard InChI is InChI=1S/C30H28F2N4O5.C2HF3O2/c1-17(11-12-18-7-4-3-5-8-18)35-26-24(31)28(40-21-10-6-9-19(15-21)27(33)34)36-29(25(26)32)41-23-14-13-20(39-2)16-22(23)30(37)38;3-2(4,5)1(6)7/h3-10,13-17H,11-12H2,1-2H3,(H3,33,34)(H,35,36)(H,37,38);(H,6,7). The second kappa shape index (κ2) is 16.1. The number of aromatic carboxylic acids is 1. The molecule has 48 heavy (non-hydrogen) atoms. The molecule has 0 bridgehead atoms. The summed E-state index contributed by atoms with van der Waals surface area (Å²) < 4.78 is 79.5. The number of anilines is 1. The molecule has 0 saturated carbocycles. The number of rotatable bonds is 12. The van der Waals surface area contributed by atoms with Crippen LogP contribution < -0.4 is 25.3 Å². The monoisotopic (exact) mass is 676 g/mol. The topological polar surface area (TPSA) is 177 Å². The lowest BCUT2D eigenvalue weighted by atomic mass is 10.1. The summed E-state index contributed by atoms with van der Waals surface area (Å²) in [6, 6.07) is 19.2. The third kappa shape index (κ3) is 10.0. The number of methoxy groups -OCH3 is 1. The Morgan fingerprint density at radius 2 is 1.56 bits per heavy atom. The molecular weight excluding hydrogens is 647 g/mol. The third-order valence-electron chi connectivity index (χ3n) is 6.34. The quantitative estimate of drug-likeness (QED) is 0.0596. The highest BCUT2D eigenvalue weighted by atomic mass is 19.4. The number of ether oxygens (including phenoxy) is 3. The minimum absolute atomic E-state index is 0.0837. The Kier molecular flexibility index (Phi) is 12.2. The van der Waals surface area contributed by atoms with Gasteiger partial charge in [-0.1, -0.05) is 42.5 Å². The highest BCUT2D eigenvalue weighted by molar-refractivity contribution is 5.95. The van der Waals surface area contributed by atoms with Crippen molar-refractivity contribution in [3.8, 4) is 29.0 Å². The Balaban J connectivity index is 0.000000804. The van der Waals surface area contributed by atoms with E-state index in [9.17, 15) is 23.1 Å². The van der Waals surface area contributed by atoms with E-state index < -0.39 is 47.2 Å². The Hall–Kier alpha value is -5.93. The van der Waals surface area contributed by atoms with Crippen LogP contribution in [0.4, 0.5) is 27.6 Å². The Bertz CT molecular complexity index is 1770. The molecule has 0 aliphatic carbocycles. The molecule has 0 spiro atoms. The van der Waals surface area contributed by atoms with Gasteiger partial charge >= 0.3 is 18.1 Å². The lowest BCUT2D eigenvalue weighted by Gasteiger charge is -2.19. The van der Waals surface area contributed by atoms with Crippen LogP contribution in [-0.2, 0) is 11.2 Å². The van der Waals surface area contributed by atoms with Crippen LogP contribution in [0.25, 0.3) is 0 Å². The summed E-state index contributed by atoms with van der Waals surface area (Å²) in [6.07, 6.45) is -3.89. The summed E-state index contributed by atoms with van der Waals surface area (Å²) in [6.45, 7) is 1.77. The van der Waals surface area contributed by atoms with Gasteiger partial charge < -0.3 is 35.5 Å². The van der Waals surface area contributed by atoms with E-state index in [0.717, 1.165) is 5.56 Å². The number of benzene rings is 3. The van der Waals surface area contributed by atoms with Crippen LogP contribution in [0.2, 0.25) is 0 Å². The van der Waals surface area contributed by atoms with E-state index in [1.807, 2.05) is 30.3 Å². The Morgan fingerprint density at radius 3 is 2.12 bits per heavy atom. The normalized spacial score (nSPS) is 11.4. The smallest absolute Gasteiger partial charge is 0.490 e. The summed E-state index contributed by atoms with van der Waals surface area (Å²) in [5.41, 5.74) is 6.05. The number of hydrogen-bond donors (Lipinski definition) is 5. The molecule has 6 N–H and O–H groups in total. The maximum atomic E-state index is 15.7. The van der Waals surface area contributed by atoms with E-state index in [4.69, 9.17) is 35.3 Å². The second-order valence-electron chi connectivity index (χ2n) is 9.91. The SMILES string of the molecule is COc1ccc(Oc2nc(Oc3cccc(C(=N)N)c3)c(F)c(NC(C)CCc3ccccc3)c2F)c(C(=O)O)c1.O=C(O)C(F)(F)F. The molecule has 254 valence electrons. The molecule has 0 aliphatic rings. The van der Waals surface area contributed by atoms with Crippen molar-refractivity contribution in [2.45, 2.75) is 32.0 Å². The van der Waals surface area contributed by atoms with Crippen LogP contribution in [0.1, 0.15) is 34.8 Å². The van der Waals surface area contributed by atoms with Crippen molar-refractivity contribution >= 4 is 23.5 Å². The predicted octanol–water partition coefficient (Wildman–Crippen LogP) is 7.00. The number of hydrogen-bond acceptors (Lipinski definition) is 8. The summed E-state index contributed by atoms with van der Waals surface area (Å²) >= 11 is 0. The van der Waals surface area contributed by atoms with Crippen LogP contribution in [-0.4, -0.2) is 52.3 Å². The summed E-state index contributed by atoms with van der Waals surface area (Å²) in [4.78, 5) is 24.6. The molecule has 1 unspecified atom stereocenters. The van der Waals surface area contributed by atoms with Gasteiger partial charge in [0.15, 0.2) is 0 Å². The maximum Gasteiger partial charge on any atom is 0.490 e. The van der Waals surface area contributed by atoms with Crippen molar-refractivity contribution in [1.29, 1.82) is 5.41 Å². The minimum atomic E-state index is -5.08. The first-order valence-electron chi connectivity index (χ1n) is 13.8. The fraction of sp³-hybridized carbons (Fsp3) is 0.188. The molecular formula is C32H29F5N4O7. The number of aryl methyl sites for hydroxylation is 1. The largest absolute Gasteiger partial charge is 0.497 e. The Labute approximate surface area is 270 Å². The van der Waals surface area contributed by atoms with Crippen LogP contribution in [0, 0.1) is 17.0 Å². The van der Waals surface area contributed by atoms with Crippen molar-refractivity contribution in [3.05, 3.63) is 101 Å². The highest BCUT2D eigenvalue weighted by Crippen LogP contribution is 2.38. The van der Waals surface area contributed by atoms with Crippen LogP contribution >= 0.6 is 0 Å². The van der Waals surface area contributed by atoms with Gasteiger partial charge in [0.25, 0.3) is 11.8 Å². The van der Waals surface area contributed by atoms with E-state index >= 15 is 8.78 Å². The molecule has 11 nitrogen and oxygen atoms in total. The maximum absolute atomic E-state index is 15.7. The van der Waals surface area contributed by atoms with Crippen molar-refractivity contribution in [1.82, 2.24) is 4.98 Å². The molecule has 1 heterocycles. The van der Waals surface area contributed by atoms with Crippen molar-refractivity contribution in [3.63, 3.8) is 0 Å². The van der Waals surface area contributed by atoms with Crippen molar-refractivity contribution < 1.29 is 56.0 Å². The van der Waals surface area contributed by atoms with Gasteiger partial charge in [0.1, 0.15) is 34.3 Å². The summed E-state index contributed by atoms with van der Waals surface area (Å²) in [7, 11) is 1.37. The Morgan fingerprint density at radius 1 is 0.938 bits per heavy atom. The molecule has 0 saturated heterocycles. The molecule has 3 aromatic carbocycles. The fourth-order valence-corrected chi connectivity index (χ4v) is 3.94. The van der Waals surface area contributed by atoms with Gasteiger partial charge in [-0.05, 0) is 55.7 Å². The van der Waals surface area contributed by atoms with Gasteiger partial charge in [-0.3, -0.25) is 5.41 Å². The first kappa shape index (κ1) is 36.5. The van der Waals surface area contributed by atoms with Gasteiger partial charge in [-0.15, -0.1) is 0 Å². The first-order valence-corrected chi connectivity index (χ1v) is 13.8. The molecule has 1 atom stereocenters. The number of nitrogens with one attached hydrogen (secondary N) is 2. The number of nitrogen functional groups attached to an aromatic ring is 1. The first-order chi connectivity index (χ1) is 22.6. The van der Waals surface area contributed by atoms with Crippen molar-refractivity contribution in [2.75, 3.05) is 12.4 Å². The van der Waals surface area contributed by atoms with Crippen LogP contribution in [0.15, 0.2) is 72.8 Å². The van der Waals surface area contributed by atoms with Crippen molar-refractivity contribution in [2.24, 2.45) is 5.73 Å². The lowest BCUT2D eigenvalue weighted by molar-refractivity contribution is -0.192. The number of nitrogens with zero attached hydrogens (tertiary/aromatic N) is 1. The number of carboxylic acid groups (broad SMARTS) is 2. The number of halogens is 5. The van der Waals surface area contributed by atoms with E-state index in [1.54, 1.807) is 19.1 Å². The van der Waals surface area contributed by atoms with Gasteiger partial charge in [0.05, 0.1) is 7.11 Å². The average molecular weight is 677 g/mol. The molecule has 0 fully saturated rings. The number of aromatic nitrogens is 1.